The van der Waals surface area contributed by atoms with Gasteiger partial charge in [0.05, 0.1) is 28.8 Å². The number of carbonyl (C=O) groups excluding carboxylic acids is 1. The summed E-state index contributed by atoms with van der Waals surface area (Å²) >= 11 is 0. The van der Waals surface area contributed by atoms with E-state index >= 15 is 0 Å². The molecule has 1 atom stereocenters. The van der Waals surface area contributed by atoms with Crippen LogP contribution in [0.25, 0.3) is 33.1 Å². The summed E-state index contributed by atoms with van der Waals surface area (Å²) in [6.45, 7) is -0.0334. The van der Waals surface area contributed by atoms with Gasteiger partial charge in [-0.15, -0.1) is 0 Å². The van der Waals surface area contributed by atoms with Crippen LogP contribution in [0.4, 0.5) is 13.2 Å². The Hall–Kier alpha value is -3.75. The second-order valence-corrected chi connectivity index (χ2v) is 8.62. The Labute approximate surface area is 192 Å². The number of piperidine rings is 1. The molecule has 4 aromatic rings. The van der Waals surface area contributed by atoms with Crippen LogP contribution in [-0.4, -0.2) is 44.6 Å². The number of benzene rings is 2. The molecule has 0 spiro atoms. The normalized spacial score (nSPS) is 16.8. The van der Waals surface area contributed by atoms with Gasteiger partial charge in [-0.05, 0) is 54.6 Å². The highest BCUT2D eigenvalue weighted by Gasteiger charge is 2.42. The van der Waals surface area contributed by atoms with Crippen molar-refractivity contribution in [1.82, 2.24) is 19.4 Å². The van der Waals surface area contributed by atoms with E-state index in [-0.39, 0.29) is 24.1 Å². The van der Waals surface area contributed by atoms with Crippen LogP contribution in [0.1, 0.15) is 23.2 Å². The quantitative estimate of drug-likeness (QED) is 0.434. The Morgan fingerprint density at radius 1 is 1.09 bits per heavy atom. The molecule has 1 unspecified atom stereocenters. The van der Waals surface area contributed by atoms with Crippen molar-refractivity contribution < 1.29 is 18.0 Å². The number of hydrogen-bond donors (Lipinski definition) is 0. The number of amides is 1. The molecule has 5 rings (SSSR count). The lowest BCUT2D eigenvalue weighted by molar-refractivity contribution is -0.184. The number of aryl methyl sites for hydroxylation is 1. The minimum atomic E-state index is -4.31. The molecule has 6 nitrogen and oxygen atoms in total. The average Bonchev–Trinajstić information content (AvgIpc) is 2.84. The Kier molecular flexibility index (Phi) is 5.34. The molecule has 0 saturated carbocycles. The second kappa shape index (κ2) is 8.23. The summed E-state index contributed by atoms with van der Waals surface area (Å²) in [5.74, 6) is -1.94. The Morgan fingerprint density at radius 2 is 1.91 bits per heavy atom. The zero-order valence-electron chi connectivity index (χ0n) is 18.3. The van der Waals surface area contributed by atoms with Gasteiger partial charge in [-0.1, -0.05) is 6.07 Å². The second-order valence-electron chi connectivity index (χ2n) is 8.62. The molecule has 2 aromatic carbocycles. The molecule has 1 amide bonds. The fourth-order valence-electron chi connectivity index (χ4n) is 4.40. The lowest BCUT2D eigenvalue weighted by Crippen LogP contribution is -2.44. The van der Waals surface area contributed by atoms with E-state index in [0.29, 0.717) is 35.1 Å². The van der Waals surface area contributed by atoms with Crippen LogP contribution >= 0.6 is 0 Å². The van der Waals surface area contributed by atoms with E-state index in [4.69, 9.17) is 0 Å². The van der Waals surface area contributed by atoms with E-state index in [1.807, 2.05) is 12.1 Å². The molecule has 1 fully saturated rings. The summed E-state index contributed by atoms with van der Waals surface area (Å²) in [6, 6.07) is 12.0. The number of rotatable bonds is 2. The van der Waals surface area contributed by atoms with Crippen LogP contribution in [0.2, 0.25) is 0 Å². The summed E-state index contributed by atoms with van der Waals surface area (Å²) < 4.78 is 41.0. The molecule has 174 valence electrons. The maximum absolute atomic E-state index is 13.2. The smallest absolute Gasteiger partial charge is 0.338 e. The van der Waals surface area contributed by atoms with Crippen LogP contribution < -0.4 is 5.56 Å². The fourth-order valence-corrected chi connectivity index (χ4v) is 4.40. The molecule has 0 N–H and O–H groups in total. The minimum Gasteiger partial charge on any atom is -0.338 e. The van der Waals surface area contributed by atoms with Crippen molar-refractivity contribution in [2.45, 2.75) is 19.0 Å². The maximum Gasteiger partial charge on any atom is 0.393 e. The van der Waals surface area contributed by atoms with E-state index in [1.54, 1.807) is 49.8 Å². The first-order valence-corrected chi connectivity index (χ1v) is 10.9. The Bertz CT molecular complexity index is 1480. The molecular formula is C25H21F3N4O2. The molecule has 0 aliphatic carbocycles. The lowest BCUT2D eigenvalue weighted by atomic mass is 9.97. The van der Waals surface area contributed by atoms with E-state index in [9.17, 15) is 22.8 Å². The van der Waals surface area contributed by atoms with Crippen molar-refractivity contribution in [2.75, 3.05) is 13.1 Å². The van der Waals surface area contributed by atoms with E-state index in [0.717, 1.165) is 10.9 Å². The van der Waals surface area contributed by atoms with Crippen LogP contribution in [0.3, 0.4) is 0 Å². The number of likely N-dealkylation sites (tertiary alicyclic amines) is 1. The van der Waals surface area contributed by atoms with Gasteiger partial charge in [0.1, 0.15) is 0 Å². The first kappa shape index (κ1) is 22.1. The van der Waals surface area contributed by atoms with E-state index in [2.05, 4.69) is 9.97 Å². The summed E-state index contributed by atoms with van der Waals surface area (Å²) in [4.78, 5) is 35.6. The number of aromatic nitrogens is 3. The minimum absolute atomic E-state index is 0.0394. The highest BCUT2D eigenvalue weighted by atomic mass is 19.4. The van der Waals surface area contributed by atoms with Gasteiger partial charge in [0.2, 0.25) is 0 Å². The molecule has 1 aliphatic heterocycles. The Balaban J connectivity index is 1.47. The van der Waals surface area contributed by atoms with Gasteiger partial charge < -0.3 is 9.47 Å². The molecule has 0 radical (unpaired) electrons. The highest BCUT2D eigenvalue weighted by Crippen LogP contribution is 2.33. The van der Waals surface area contributed by atoms with Crippen molar-refractivity contribution in [3.05, 3.63) is 70.8 Å². The van der Waals surface area contributed by atoms with Gasteiger partial charge in [-0.2, -0.15) is 13.2 Å². The third kappa shape index (κ3) is 4.02. The highest BCUT2D eigenvalue weighted by molar-refractivity contribution is 5.97. The standard InChI is InChI=1S/C25H21F3N4O2/c1-31-10-8-15-11-16(4-6-19(15)24(31)34)22-13-29-20-7-5-17(12-21(20)30-22)23(33)32-9-2-3-18(14-32)25(26,27)28/h4-8,10-13,18H,2-3,9,14H2,1H3. The van der Waals surface area contributed by atoms with Gasteiger partial charge in [-0.25, -0.2) is 4.98 Å². The first-order chi connectivity index (χ1) is 16.2. The number of alkyl halides is 3. The largest absolute Gasteiger partial charge is 0.393 e. The molecule has 9 heteroatoms. The molecular weight excluding hydrogens is 445 g/mol. The van der Waals surface area contributed by atoms with Crippen LogP contribution in [-0.2, 0) is 7.05 Å². The number of pyridine rings is 1. The monoisotopic (exact) mass is 466 g/mol. The van der Waals surface area contributed by atoms with Crippen LogP contribution in [0.15, 0.2) is 59.7 Å². The third-order valence-corrected chi connectivity index (χ3v) is 6.34. The van der Waals surface area contributed by atoms with Crippen molar-refractivity contribution in [1.29, 1.82) is 0 Å². The molecule has 1 aliphatic rings. The first-order valence-electron chi connectivity index (χ1n) is 10.9. The number of fused-ring (bicyclic) bond motifs is 2. The zero-order valence-corrected chi connectivity index (χ0v) is 18.3. The summed E-state index contributed by atoms with van der Waals surface area (Å²) in [5.41, 5.74) is 2.55. The van der Waals surface area contributed by atoms with Crippen molar-refractivity contribution in [2.24, 2.45) is 13.0 Å². The van der Waals surface area contributed by atoms with Gasteiger partial charge in [-0.3, -0.25) is 14.6 Å². The molecule has 34 heavy (non-hydrogen) atoms. The zero-order chi connectivity index (χ0) is 24.0. The number of nitrogens with zero attached hydrogens (tertiary/aromatic N) is 4. The van der Waals surface area contributed by atoms with Crippen molar-refractivity contribution >= 4 is 27.7 Å². The van der Waals surface area contributed by atoms with Gasteiger partial charge in [0.15, 0.2) is 0 Å². The molecule has 0 bridgehead atoms. The topological polar surface area (TPSA) is 68.1 Å². The van der Waals surface area contributed by atoms with Crippen LogP contribution in [0, 0.1) is 5.92 Å². The van der Waals surface area contributed by atoms with Crippen molar-refractivity contribution in [3.63, 3.8) is 0 Å². The lowest BCUT2D eigenvalue weighted by Gasteiger charge is -2.33. The number of carbonyl (C=O) groups is 1. The summed E-state index contributed by atoms with van der Waals surface area (Å²) in [6.07, 6.45) is -0.643. The third-order valence-electron chi connectivity index (χ3n) is 6.34. The van der Waals surface area contributed by atoms with E-state index < -0.39 is 18.0 Å². The Morgan fingerprint density at radius 3 is 2.71 bits per heavy atom. The summed E-state index contributed by atoms with van der Waals surface area (Å²) in [5, 5.41) is 1.37. The maximum atomic E-state index is 13.2. The average molecular weight is 466 g/mol. The predicted octanol–water partition coefficient (Wildman–Crippen LogP) is 4.56. The van der Waals surface area contributed by atoms with Gasteiger partial charge in [0, 0.05) is 42.8 Å². The predicted molar refractivity (Wildman–Crippen MR) is 122 cm³/mol. The molecule has 1 saturated heterocycles. The van der Waals surface area contributed by atoms with Gasteiger partial charge in [0.25, 0.3) is 11.5 Å². The van der Waals surface area contributed by atoms with E-state index in [1.165, 1.54) is 9.47 Å². The molecule has 2 aromatic heterocycles. The van der Waals surface area contributed by atoms with Gasteiger partial charge >= 0.3 is 6.18 Å². The molecule has 3 heterocycles. The number of halogens is 3. The fraction of sp³-hybridized carbons (Fsp3) is 0.280. The SMILES string of the molecule is Cn1ccc2cc(-c3cnc4ccc(C(=O)N5CCCC(C(F)(F)F)C5)cc4n3)ccc2c1=O. The van der Waals surface area contributed by atoms with Crippen molar-refractivity contribution in [3.8, 4) is 11.3 Å². The summed E-state index contributed by atoms with van der Waals surface area (Å²) in [7, 11) is 1.69. The number of hydrogen-bond acceptors (Lipinski definition) is 4. The van der Waals surface area contributed by atoms with Crippen LogP contribution in [0.5, 0.6) is 0 Å².